The molecule has 1 saturated heterocycles. The first-order chi connectivity index (χ1) is 8.27. The predicted molar refractivity (Wildman–Crippen MR) is 65.7 cm³/mol. The molecule has 3 heteroatoms. The molecule has 0 amide bonds. The topological polar surface area (TPSA) is 38.8 Å². The minimum absolute atomic E-state index is 0.154. The van der Waals surface area contributed by atoms with Gasteiger partial charge in [-0.2, -0.15) is 0 Å². The van der Waals surface area contributed by atoms with Gasteiger partial charge in [-0.25, -0.2) is 4.79 Å². The normalized spacial score (nSPS) is 27.6. The Morgan fingerprint density at radius 2 is 2.12 bits per heavy atom. The number of hydrogen-bond donors (Lipinski definition) is 0. The number of epoxide rings is 1. The van der Waals surface area contributed by atoms with Crippen LogP contribution in [0.3, 0.4) is 0 Å². The summed E-state index contributed by atoms with van der Waals surface area (Å²) in [6.45, 7) is 2.85. The van der Waals surface area contributed by atoms with E-state index in [2.05, 4.69) is 0 Å². The van der Waals surface area contributed by atoms with Crippen molar-refractivity contribution in [3.05, 3.63) is 0 Å². The van der Waals surface area contributed by atoms with E-state index in [9.17, 15) is 4.79 Å². The van der Waals surface area contributed by atoms with Gasteiger partial charge in [0.05, 0.1) is 13.2 Å². The lowest BCUT2D eigenvalue weighted by Crippen LogP contribution is -2.27. The summed E-state index contributed by atoms with van der Waals surface area (Å²) < 4.78 is 10.3. The van der Waals surface area contributed by atoms with Crippen molar-refractivity contribution in [2.45, 2.75) is 63.9 Å². The molecule has 1 heterocycles. The number of rotatable bonds is 8. The van der Waals surface area contributed by atoms with Crippen LogP contribution >= 0.6 is 0 Å². The maximum absolute atomic E-state index is 11.6. The average Bonchev–Trinajstić information content (AvgIpc) is 3.02. The Morgan fingerprint density at radius 1 is 1.35 bits per heavy atom. The molecule has 0 N–H and O–H groups in total. The molecule has 0 spiro atoms. The van der Waals surface area contributed by atoms with Gasteiger partial charge >= 0.3 is 5.97 Å². The van der Waals surface area contributed by atoms with Crippen LogP contribution in [-0.2, 0) is 14.3 Å². The third kappa shape index (κ3) is 3.44. The third-order valence-electron chi connectivity index (χ3n) is 4.06. The van der Waals surface area contributed by atoms with Gasteiger partial charge in [-0.3, -0.25) is 0 Å². The van der Waals surface area contributed by atoms with Gasteiger partial charge in [0.15, 0.2) is 5.60 Å². The van der Waals surface area contributed by atoms with E-state index in [1.807, 2.05) is 6.92 Å². The second kappa shape index (κ2) is 5.85. The Balaban J connectivity index is 1.53. The van der Waals surface area contributed by atoms with Gasteiger partial charge in [0, 0.05) is 0 Å². The smallest absolute Gasteiger partial charge is 0.340 e. The lowest BCUT2D eigenvalue weighted by atomic mass is 9.81. The SMILES string of the molecule is CCOC(=O)C1(CCCCCC2CCC2)CO1. The molecule has 1 saturated carbocycles. The van der Waals surface area contributed by atoms with E-state index in [0.717, 1.165) is 18.8 Å². The molecule has 0 aromatic carbocycles. The molecule has 1 aliphatic carbocycles. The van der Waals surface area contributed by atoms with Crippen LogP contribution in [-0.4, -0.2) is 24.8 Å². The molecule has 0 aromatic heterocycles. The zero-order chi connectivity index (χ0) is 12.1. The predicted octanol–water partition coefficient (Wildman–Crippen LogP) is 3.07. The fraction of sp³-hybridized carbons (Fsp3) is 0.929. The van der Waals surface area contributed by atoms with Crippen molar-refractivity contribution in [3.8, 4) is 0 Å². The van der Waals surface area contributed by atoms with Crippen LogP contribution in [0, 0.1) is 5.92 Å². The highest BCUT2D eigenvalue weighted by Gasteiger charge is 2.52. The molecule has 1 aliphatic heterocycles. The maximum Gasteiger partial charge on any atom is 0.340 e. The van der Waals surface area contributed by atoms with E-state index >= 15 is 0 Å². The number of ether oxygens (including phenoxy) is 2. The zero-order valence-electron chi connectivity index (χ0n) is 10.9. The second-order valence-corrected chi connectivity index (χ2v) is 5.40. The molecule has 2 aliphatic rings. The number of esters is 1. The molecule has 0 bridgehead atoms. The van der Waals surface area contributed by atoms with Crippen molar-refractivity contribution >= 4 is 5.97 Å². The molecular weight excluding hydrogens is 216 g/mol. The number of unbranched alkanes of at least 4 members (excludes halogenated alkanes) is 2. The van der Waals surface area contributed by atoms with E-state index in [0.29, 0.717) is 13.2 Å². The van der Waals surface area contributed by atoms with Gasteiger partial charge in [0.2, 0.25) is 0 Å². The lowest BCUT2D eigenvalue weighted by molar-refractivity contribution is -0.149. The Morgan fingerprint density at radius 3 is 2.65 bits per heavy atom. The van der Waals surface area contributed by atoms with Gasteiger partial charge < -0.3 is 9.47 Å². The number of carbonyl (C=O) groups is 1. The molecule has 0 aromatic rings. The van der Waals surface area contributed by atoms with Crippen LogP contribution in [0.25, 0.3) is 0 Å². The molecule has 3 nitrogen and oxygen atoms in total. The minimum atomic E-state index is -0.549. The molecule has 17 heavy (non-hydrogen) atoms. The summed E-state index contributed by atoms with van der Waals surface area (Å²) in [7, 11) is 0. The average molecular weight is 240 g/mol. The molecular formula is C14H24O3. The van der Waals surface area contributed by atoms with Crippen molar-refractivity contribution in [1.82, 2.24) is 0 Å². The maximum atomic E-state index is 11.6. The highest BCUT2D eigenvalue weighted by Crippen LogP contribution is 2.35. The molecule has 0 radical (unpaired) electrons. The number of hydrogen-bond acceptors (Lipinski definition) is 3. The highest BCUT2D eigenvalue weighted by molar-refractivity contribution is 5.82. The summed E-state index contributed by atoms with van der Waals surface area (Å²) in [6, 6.07) is 0. The van der Waals surface area contributed by atoms with Gasteiger partial charge in [0.1, 0.15) is 0 Å². The first kappa shape index (κ1) is 12.9. The molecule has 2 rings (SSSR count). The summed E-state index contributed by atoms with van der Waals surface area (Å²) in [5, 5.41) is 0. The number of carbonyl (C=O) groups excluding carboxylic acids is 1. The summed E-state index contributed by atoms with van der Waals surface area (Å²) in [6.07, 6.45) is 10.2. The van der Waals surface area contributed by atoms with Crippen LogP contribution < -0.4 is 0 Å². The monoisotopic (exact) mass is 240 g/mol. The molecule has 2 fully saturated rings. The van der Waals surface area contributed by atoms with Crippen molar-refractivity contribution < 1.29 is 14.3 Å². The van der Waals surface area contributed by atoms with Crippen LogP contribution in [0.1, 0.15) is 58.3 Å². The van der Waals surface area contributed by atoms with E-state index in [4.69, 9.17) is 9.47 Å². The summed E-state index contributed by atoms with van der Waals surface area (Å²) in [5.74, 6) is 0.852. The van der Waals surface area contributed by atoms with Crippen molar-refractivity contribution in [1.29, 1.82) is 0 Å². The second-order valence-electron chi connectivity index (χ2n) is 5.40. The standard InChI is InChI=1S/C14H24O3/c1-2-16-13(15)14(11-17-14)10-5-3-4-7-12-8-6-9-12/h12H,2-11H2,1H3. The fourth-order valence-corrected chi connectivity index (χ4v) is 2.52. The van der Waals surface area contributed by atoms with Gasteiger partial charge in [-0.15, -0.1) is 0 Å². The fourth-order valence-electron chi connectivity index (χ4n) is 2.52. The summed E-state index contributed by atoms with van der Waals surface area (Å²) in [4.78, 5) is 11.6. The first-order valence-electron chi connectivity index (χ1n) is 7.08. The lowest BCUT2D eigenvalue weighted by Gasteiger charge is -2.25. The Bertz CT molecular complexity index is 254. The van der Waals surface area contributed by atoms with Gasteiger partial charge in [0.25, 0.3) is 0 Å². The third-order valence-corrected chi connectivity index (χ3v) is 4.06. The summed E-state index contributed by atoms with van der Waals surface area (Å²) in [5.41, 5.74) is -0.549. The van der Waals surface area contributed by atoms with E-state index in [-0.39, 0.29) is 5.97 Å². The summed E-state index contributed by atoms with van der Waals surface area (Å²) >= 11 is 0. The van der Waals surface area contributed by atoms with Crippen molar-refractivity contribution in [2.24, 2.45) is 5.92 Å². The van der Waals surface area contributed by atoms with Crippen LogP contribution in [0.5, 0.6) is 0 Å². The van der Waals surface area contributed by atoms with Crippen molar-refractivity contribution in [3.63, 3.8) is 0 Å². The molecule has 1 atom stereocenters. The zero-order valence-corrected chi connectivity index (χ0v) is 10.9. The van der Waals surface area contributed by atoms with Crippen LogP contribution in [0.2, 0.25) is 0 Å². The van der Waals surface area contributed by atoms with Crippen LogP contribution in [0.4, 0.5) is 0 Å². The Kier molecular flexibility index (Phi) is 4.43. The van der Waals surface area contributed by atoms with E-state index < -0.39 is 5.60 Å². The first-order valence-corrected chi connectivity index (χ1v) is 7.08. The quantitative estimate of drug-likeness (QED) is 0.372. The molecule has 98 valence electrons. The largest absolute Gasteiger partial charge is 0.464 e. The van der Waals surface area contributed by atoms with E-state index in [1.165, 1.54) is 38.5 Å². The Hall–Kier alpha value is -0.570. The van der Waals surface area contributed by atoms with Crippen LogP contribution in [0.15, 0.2) is 0 Å². The van der Waals surface area contributed by atoms with Crippen molar-refractivity contribution in [2.75, 3.05) is 13.2 Å². The molecule has 1 unspecified atom stereocenters. The minimum Gasteiger partial charge on any atom is -0.464 e. The highest BCUT2D eigenvalue weighted by atomic mass is 16.6. The Labute approximate surface area is 104 Å². The van der Waals surface area contributed by atoms with E-state index in [1.54, 1.807) is 0 Å². The van der Waals surface area contributed by atoms with Gasteiger partial charge in [-0.1, -0.05) is 38.5 Å². The van der Waals surface area contributed by atoms with Gasteiger partial charge in [-0.05, 0) is 25.7 Å².